The molecular formula is C41H60N4O4. The average molecular weight is 673 g/mol. The Morgan fingerprint density at radius 3 is 2.31 bits per heavy atom. The minimum Gasteiger partial charge on any atom is -0.487 e. The van der Waals surface area contributed by atoms with Crippen LogP contribution in [0.4, 0.5) is 5.69 Å². The summed E-state index contributed by atoms with van der Waals surface area (Å²) in [5, 5.41) is 6.97. The number of amides is 1. The highest BCUT2D eigenvalue weighted by Gasteiger charge is 2.46. The molecule has 3 unspecified atom stereocenters. The molecule has 3 aromatic rings. The van der Waals surface area contributed by atoms with Crippen LogP contribution in [0.15, 0.2) is 71.7 Å². The summed E-state index contributed by atoms with van der Waals surface area (Å²) in [5.74, 6) is 0.739. The van der Waals surface area contributed by atoms with Crippen LogP contribution in [0.5, 0.6) is 5.75 Å². The van der Waals surface area contributed by atoms with Gasteiger partial charge in [0.15, 0.2) is 0 Å². The van der Waals surface area contributed by atoms with Crippen LogP contribution in [-0.2, 0) is 11.2 Å². The molecule has 0 bridgehead atoms. The number of carbonyl (C=O) groups excluding carboxylic acids is 2. The van der Waals surface area contributed by atoms with E-state index in [1.807, 2.05) is 69.1 Å². The molecule has 49 heavy (non-hydrogen) atoms. The topological polar surface area (TPSA) is 92.7 Å². The van der Waals surface area contributed by atoms with Crippen molar-refractivity contribution in [3.8, 4) is 5.75 Å². The summed E-state index contributed by atoms with van der Waals surface area (Å²) in [6.45, 7) is 12.9. The first kappa shape index (κ1) is 39.5. The Morgan fingerprint density at radius 2 is 1.76 bits per heavy atom. The molecule has 8 nitrogen and oxygen atoms in total. The zero-order chi connectivity index (χ0) is 35.8. The van der Waals surface area contributed by atoms with Crippen molar-refractivity contribution >= 4 is 17.9 Å². The number of hydrogen-bond acceptors (Lipinski definition) is 6. The Kier molecular flexibility index (Phi) is 16.1. The van der Waals surface area contributed by atoms with Crippen LogP contribution in [0, 0.1) is 0 Å². The molecule has 1 aliphatic heterocycles. The van der Waals surface area contributed by atoms with E-state index in [0.717, 1.165) is 56.1 Å². The first-order chi connectivity index (χ1) is 23.7. The molecule has 268 valence electrons. The number of unbranched alkanes of at least 4 members (excludes halogenated alkanes) is 1. The van der Waals surface area contributed by atoms with E-state index in [1.165, 1.54) is 12.0 Å². The molecule has 8 heteroatoms. The van der Waals surface area contributed by atoms with Gasteiger partial charge in [-0.1, -0.05) is 89.6 Å². The Bertz CT molecular complexity index is 1470. The molecule has 1 saturated carbocycles. The third-order valence-corrected chi connectivity index (χ3v) is 9.50. The Morgan fingerprint density at radius 1 is 1.08 bits per heavy atom. The van der Waals surface area contributed by atoms with Gasteiger partial charge in [0.2, 0.25) is 0 Å². The number of ether oxygens (including phenoxy) is 1. The molecule has 0 radical (unpaired) electrons. The van der Waals surface area contributed by atoms with Gasteiger partial charge in [0.05, 0.1) is 11.7 Å². The number of anilines is 1. The van der Waals surface area contributed by atoms with Crippen molar-refractivity contribution in [3.63, 3.8) is 0 Å². The highest BCUT2D eigenvalue weighted by atomic mass is 16.5. The smallest absolute Gasteiger partial charge is 0.274 e. The van der Waals surface area contributed by atoms with Gasteiger partial charge in [0, 0.05) is 50.3 Å². The standard InChI is InChI=1S/C33H48N4O4.C6H6.C2H6/c1-6-12-23(4)37-22-25(20-28(32(37)40)36(5)17-9-10-18-38)31(39)35-30(8-3)34-27-21-33(15-11-16-33)41-29-14-13-24(7-2)19-26(27)29;1-2-4-6-5-3-1;1-2/h13-14,18-20,22-23,27,30,34H,6-12,15-17,21H2,1-5H3,(H,35,39);1-6H;1-2H3. The number of carbonyl (C=O) groups is 2. The number of hydrogen-bond donors (Lipinski definition) is 2. The second-order valence-electron chi connectivity index (χ2n) is 13.1. The van der Waals surface area contributed by atoms with Crippen LogP contribution < -0.4 is 25.8 Å². The van der Waals surface area contributed by atoms with Crippen LogP contribution in [0.3, 0.4) is 0 Å². The molecule has 3 atom stereocenters. The maximum Gasteiger partial charge on any atom is 0.274 e. The van der Waals surface area contributed by atoms with E-state index in [9.17, 15) is 14.4 Å². The van der Waals surface area contributed by atoms with Gasteiger partial charge >= 0.3 is 0 Å². The predicted octanol–water partition coefficient (Wildman–Crippen LogP) is 8.40. The number of rotatable bonds is 14. The summed E-state index contributed by atoms with van der Waals surface area (Å²) in [6.07, 6.45) is 11.1. The Labute approximate surface area is 294 Å². The number of aromatic nitrogens is 1. The molecule has 2 N–H and O–H groups in total. The first-order valence-electron chi connectivity index (χ1n) is 18.5. The summed E-state index contributed by atoms with van der Waals surface area (Å²) in [5.41, 5.74) is 3.14. The fourth-order valence-corrected chi connectivity index (χ4v) is 6.50. The molecule has 2 aliphatic rings. The van der Waals surface area contributed by atoms with Crippen LogP contribution in [0.2, 0.25) is 0 Å². The molecule has 0 saturated heterocycles. The number of nitrogens with one attached hydrogen (secondary N) is 2. The van der Waals surface area contributed by atoms with E-state index in [2.05, 4.69) is 49.6 Å². The van der Waals surface area contributed by atoms with E-state index >= 15 is 0 Å². The lowest BCUT2D eigenvalue weighted by molar-refractivity contribution is -0.107. The van der Waals surface area contributed by atoms with Gasteiger partial charge < -0.3 is 24.3 Å². The summed E-state index contributed by atoms with van der Waals surface area (Å²) in [7, 11) is 1.85. The zero-order valence-corrected chi connectivity index (χ0v) is 31.0. The minimum absolute atomic E-state index is 0.0346. The minimum atomic E-state index is -0.247. The van der Waals surface area contributed by atoms with Gasteiger partial charge in [-0.15, -0.1) is 0 Å². The van der Waals surface area contributed by atoms with Gasteiger partial charge in [0.25, 0.3) is 11.5 Å². The molecular weight excluding hydrogens is 612 g/mol. The van der Waals surface area contributed by atoms with Gasteiger partial charge in [-0.2, -0.15) is 0 Å². The average Bonchev–Trinajstić information content (AvgIpc) is 3.12. The molecule has 1 spiro atoms. The van der Waals surface area contributed by atoms with Crippen molar-refractivity contribution in [1.29, 1.82) is 0 Å². The van der Waals surface area contributed by atoms with Crippen LogP contribution in [-0.4, -0.2) is 42.1 Å². The number of aldehydes is 1. The molecule has 5 rings (SSSR count). The summed E-state index contributed by atoms with van der Waals surface area (Å²) < 4.78 is 8.20. The van der Waals surface area contributed by atoms with Crippen molar-refractivity contribution in [2.24, 2.45) is 0 Å². The fraction of sp³-hybridized carbons (Fsp3) is 0.537. The van der Waals surface area contributed by atoms with Crippen molar-refractivity contribution in [2.45, 2.75) is 130 Å². The predicted molar refractivity (Wildman–Crippen MR) is 202 cm³/mol. The molecule has 1 amide bonds. The highest BCUT2D eigenvalue weighted by Crippen LogP contribution is 2.49. The molecule has 2 heterocycles. The van der Waals surface area contributed by atoms with E-state index in [-0.39, 0.29) is 35.3 Å². The SMILES string of the molecule is CC.CCCC(C)n1cc(C(=O)NC(CC)NC2CC3(CCC3)Oc3ccc(CC)cc32)cc(N(C)CCCC=O)c1=O.c1ccccc1. The van der Waals surface area contributed by atoms with Crippen LogP contribution in [0.25, 0.3) is 0 Å². The van der Waals surface area contributed by atoms with E-state index < -0.39 is 0 Å². The number of nitrogens with zero attached hydrogens (tertiary/aromatic N) is 2. The summed E-state index contributed by atoms with van der Waals surface area (Å²) >= 11 is 0. The lowest BCUT2D eigenvalue weighted by atomic mass is 9.72. The van der Waals surface area contributed by atoms with E-state index in [4.69, 9.17) is 4.74 Å². The van der Waals surface area contributed by atoms with Crippen molar-refractivity contribution in [3.05, 3.63) is 93.9 Å². The fourth-order valence-electron chi connectivity index (χ4n) is 6.50. The van der Waals surface area contributed by atoms with Gasteiger partial charge in [0.1, 0.15) is 23.3 Å². The van der Waals surface area contributed by atoms with Gasteiger partial charge in [-0.05, 0) is 69.6 Å². The Balaban J connectivity index is 0.000000722. The summed E-state index contributed by atoms with van der Waals surface area (Å²) in [4.78, 5) is 39.8. The number of fused-ring (bicyclic) bond motifs is 1. The Hall–Kier alpha value is -3.91. The van der Waals surface area contributed by atoms with Crippen LogP contribution >= 0.6 is 0 Å². The largest absolute Gasteiger partial charge is 0.487 e. The lowest BCUT2D eigenvalue weighted by Gasteiger charge is -2.48. The number of benzene rings is 2. The lowest BCUT2D eigenvalue weighted by Crippen LogP contribution is -2.53. The van der Waals surface area contributed by atoms with Gasteiger partial charge in [-0.3, -0.25) is 14.9 Å². The molecule has 2 aromatic carbocycles. The first-order valence-corrected chi connectivity index (χ1v) is 18.5. The normalized spacial score (nSPS) is 16.6. The van der Waals surface area contributed by atoms with Crippen molar-refractivity contribution in [1.82, 2.24) is 15.2 Å². The molecule has 1 fully saturated rings. The molecule has 1 aliphatic carbocycles. The van der Waals surface area contributed by atoms with Crippen molar-refractivity contribution in [2.75, 3.05) is 18.5 Å². The van der Waals surface area contributed by atoms with E-state index in [1.54, 1.807) is 16.8 Å². The third kappa shape index (κ3) is 10.8. The van der Waals surface area contributed by atoms with Crippen LogP contribution in [0.1, 0.15) is 133 Å². The monoisotopic (exact) mass is 672 g/mol. The maximum atomic E-state index is 13.7. The van der Waals surface area contributed by atoms with Crippen molar-refractivity contribution < 1.29 is 14.3 Å². The summed E-state index contributed by atoms with van der Waals surface area (Å²) in [6, 6.07) is 20.2. The molecule has 1 aromatic heterocycles. The quantitative estimate of drug-likeness (QED) is 0.102. The number of pyridine rings is 1. The highest BCUT2D eigenvalue weighted by molar-refractivity contribution is 5.95. The third-order valence-electron chi connectivity index (χ3n) is 9.50. The second-order valence-corrected chi connectivity index (χ2v) is 13.1. The second kappa shape index (κ2) is 19.9. The maximum absolute atomic E-state index is 13.7. The van der Waals surface area contributed by atoms with Gasteiger partial charge in [-0.25, -0.2) is 0 Å². The van der Waals surface area contributed by atoms with E-state index in [0.29, 0.717) is 37.1 Å². The number of aryl methyl sites for hydroxylation is 1. The zero-order valence-electron chi connectivity index (χ0n) is 31.0.